The molecule has 7 heteroatoms. The van der Waals surface area contributed by atoms with Crippen molar-refractivity contribution in [3.8, 4) is 16.9 Å². The first-order chi connectivity index (χ1) is 14.0. The van der Waals surface area contributed by atoms with E-state index in [4.69, 9.17) is 0 Å². The fourth-order valence-corrected chi connectivity index (χ4v) is 4.77. The number of thiophene rings is 1. The molecule has 0 fully saturated rings. The van der Waals surface area contributed by atoms with E-state index in [9.17, 15) is 9.90 Å². The fourth-order valence-electron chi connectivity index (χ4n) is 2.97. The Balaban J connectivity index is 1.56. The van der Waals surface area contributed by atoms with Crippen LogP contribution in [0.25, 0.3) is 21.3 Å². The summed E-state index contributed by atoms with van der Waals surface area (Å²) in [6.45, 7) is 3.97. The molecule has 29 heavy (non-hydrogen) atoms. The first kappa shape index (κ1) is 19.4. The highest BCUT2D eigenvalue weighted by molar-refractivity contribution is 8.00. The van der Waals surface area contributed by atoms with Crippen LogP contribution in [0.15, 0.2) is 59.2 Å². The molecule has 2 aromatic carbocycles. The molecule has 0 saturated heterocycles. The quantitative estimate of drug-likeness (QED) is 0.256. The van der Waals surface area contributed by atoms with Crippen LogP contribution in [-0.4, -0.2) is 26.7 Å². The number of carbonyl (C=O) groups is 1. The highest BCUT2D eigenvalue weighted by atomic mass is 32.2. The summed E-state index contributed by atoms with van der Waals surface area (Å²) in [5, 5.41) is 16.5. The third kappa shape index (κ3) is 4.26. The first-order valence-corrected chi connectivity index (χ1v) is 10.9. The monoisotopic (exact) mass is 421 g/mol. The molecule has 2 heterocycles. The smallest absolute Gasteiger partial charge is 0.234 e. The molecule has 2 N–H and O–H groups in total. The molecule has 0 saturated carbocycles. The fraction of sp³-hybridized carbons (Fsp3) is 0.136. The number of phenols is 1. The second kappa shape index (κ2) is 8.23. The van der Waals surface area contributed by atoms with Crippen molar-refractivity contribution in [3.63, 3.8) is 0 Å². The van der Waals surface area contributed by atoms with Crippen LogP contribution in [0.1, 0.15) is 11.1 Å². The molecule has 0 atom stereocenters. The number of hydrogen-bond acceptors (Lipinski definition) is 6. The van der Waals surface area contributed by atoms with Gasteiger partial charge in [-0.3, -0.25) is 4.79 Å². The Labute approximate surface area is 176 Å². The van der Waals surface area contributed by atoms with Gasteiger partial charge in [0.1, 0.15) is 21.9 Å². The molecule has 2 aromatic heterocycles. The minimum absolute atomic E-state index is 0.0536. The number of phenolic OH excluding ortho intramolecular Hbond substituents is 1. The molecule has 0 unspecified atom stereocenters. The van der Waals surface area contributed by atoms with Crippen molar-refractivity contribution < 1.29 is 9.90 Å². The zero-order chi connectivity index (χ0) is 20.4. The molecule has 0 bridgehead atoms. The van der Waals surface area contributed by atoms with Crippen molar-refractivity contribution in [1.29, 1.82) is 0 Å². The van der Waals surface area contributed by atoms with Crippen LogP contribution in [0, 0.1) is 13.8 Å². The molecule has 0 aliphatic rings. The predicted octanol–water partition coefficient (Wildman–Crippen LogP) is 5.41. The van der Waals surface area contributed by atoms with E-state index < -0.39 is 0 Å². The number of benzene rings is 2. The highest BCUT2D eigenvalue weighted by Crippen LogP contribution is 2.38. The van der Waals surface area contributed by atoms with E-state index in [1.165, 1.54) is 23.7 Å². The van der Waals surface area contributed by atoms with Crippen LogP contribution in [-0.2, 0) is 4.79 Å². The SMILES string of the molecule is Cc1ccc(-c2csc3ncnc(SCC(=O)Nc4cc(C)ccc4O)c23)cc1. The summed E-state index contributed by atoms with van der Waals surface area (Å²) in [5.41, 5.74) is 4.76. The van der Waals surface area contributed by atoms with Gasteiger partial charge in [0.25, 0.3) is 0 Å². The lowest BCUT2D eigenvalue weighted by atomic mass is 10.1. The Morgan fingerprint density at radius 1 is 1.10 bits per heavy atom. The van der Waals surface area contributed by atoms with E-state index in [-0.39, 0.29) is 17.4 Å². The average Bonchev–Trinajstić information content (AvgIpc) is 3.14. The molecule has 146 valence electrons. The molecule has 0 aliphatic heterocycles. The lowest BCUT2D eigenvalue weighted by Gasteiger charge is -2.09. The molecule has 5 nitrogen and oxygen atoms in total. The number of aromatic hydroxyl groups is 1. The minimum atomic E-state index is -0.199. The Hall–Kier alpha value is -2.90. The maximum atomic E-state index is 12.4. The van der Waals surface area contributed by atoms with E-state index in [1.807, 2.05) is 6.92 Å². The third-order valence-electron chi connectivity index (χ3n) is 4.46. The van der Waals surface area contributed by atoms with Crippen LogP contribution >= 0.6 is 23.1 Å². The summed E-state index contributed by atoms with van der Waals surface area (Å²) < 4.78 is 0. The average molecular weight is 422 g/mol. The van der Waals surface area contributed by atoms with E-state index in [0.717, 1.165) is 31.9 Å². The number of thioether (sulfide) groups is 1. The minimum Gasteiger partial charge on any atom is -0.506 e. The van der Waals surface area contributed by atoms with E-state index in [2.05, 4.69) is 51.9 Å². The zero-order valence-corrected chi connectivity index (χ0v) is 17.6. The highest BCUT2D eigenvalue weighted by Gasteiger charge is 2.15. The van der Waals surface area contributed by atoms with Crippen molar-refractivity contribution in [2.24, 2.45) is 0 Å². The number of nitrogens with zero attached hydrogens (tertiary/aromatic N) is 2. The van der Waals surface area contributed by atoms with Crippen molar-refractivity contribution in [2.45, 2.75) is 18.9 Å². The number of nitrogens with one attached hydrogen (secondary N) is 1. The molecule has 4 rings (SSSR count). The molecule has 0 spiro atoms. The van der Waals surface area contributed by atoms with E-state index in [0.29, 0.717) is 5.69 Å². The number of aromatic nitrogens is 2. The molecular weight excluding hydrogens is 402 g/mol. The maximum absolute atomic E-state index is 12.4. The van der Waals surface area contributed by atoms with E-state index in [1.54, 1.807) is 29.5 Å². The van der Waals surface area contributed by atoms with Gasteiger partial charge in [-0.1, -0.05) is 47.7 Å². The number of anilines is 1. The number of carbonyl (C=O) groups excluding carboxylic acids is 1. The molecular formula is C22H19N3O2S2. The topological polar surface area (TPSA) is 75.1 Å². The molecule has 0 radical (unpaired) electrons. The van der Waals surface area contributed by atoms with E-state index >= 15 is 0 Å². The Morgan fingerprint density at radius 2 is 1.86 bits per heavy atom. The number of rotatable bonds is 5. The third-order valence-corrected chi connectivity index (χ3v) is 6.34. The predicted molar refractivity (Wildman–Crippen MR) is 120 cm³/mol. The number of amides is 1. The van der Waals surface area contributed by atoms with Gasteiger partial charge in [0.15, 0.2) is 0 Å². The summed E-state index contributed by atoms with van der Waals surface area (Å²) >= 11 is 2.94. The van der Waals surface area contributed by atoms with Gasteiger partial charge in [-0.25, -0.2) is 9.97 Å². The van der Waals surface area contributed by atoms with Crippen molar-refractivity contribution in [2.75, 3.05) is 11.1 Å². The normalized spacial score (nSPS) is 11.0. The second-order valence-electron chi connectivity index (χ2n) is 6.73. The van der Waals surface area contributed by atoms with Gasteiger partial charge in [-0.2, -0.15) is 0 Å². The Bertz CT molecular complexity index is 1190. The first-order valence-electron chi connectivity index (χ1n) is 9.03. The van der Waals surface area contributed by atoms with Crippen LogP contribution < -0.4 is 5.32 Å². The lowest BCUT2D eigenvalue weighted by molar-refractivity contribution is -0.113. The molecule has 4 aromatic rings. The van der Waals surface area contributed by atoms with Gasteiger partial charge in [0.2, 0.25) is 5.91 Å². The van der Waals surface area contributed by atoms with Gasteiger partial charge >= 0.3 is 0 Å². The van der Waals surface area contributed by atoms with Gasteiger partial charge < -0.3 is 10.4 Å². The maximum Gasteiger partial charge on any atom is 0.234 e. The van der Waals surface area contributed by atoms with Crippen LogP contribution in [0.4, 0.5) is 5.69 Å². The van der Waals surface area contributed by atoms with Crippen molar-refractivity contribution >= 4 is 44.9 Å². The second-order valence-corrected chi connectivity index (χ2v) is 8.55. The zero-order valence-electron chi connectivity index (χ0n) is 16.0. The lowest BCUT2D eigenvalue weighted by Crippen LogP contribution is -2.14. The van der Waals surface area contributed by atoms with Gasteiger partial charge in [-0.05, 0) is 37.1 Å². The molecule has 1 amide bonds. The van der Waals surface area contributed by atoms with Crippen LogP contribution in [0.3, 0.4) is 0 Å². The van der Waals surface area contributed by atoms with Crippen LogP contribution in [0.5, 0.6) is 5.75 Å². The van der Waals surface area contributed by atoms with Crippen LogP contribution in [0.2, 0.25) is 0 Å². The number of aryl methyl sites for hydroxylation is 2. The largest absolute Gasteiger partial charge is 0.506 e. The van der Waals surface area contributed by atoms with Gasteiger partial charge in [0, 0.05) is 10.9 Å². The number of fused-ring (bicyclic) bond motifs is 1. The summed E-state index contributed by atoms with van der Waals surface area (Å²) in [4.78, 5) is 22.1. The van der Waals surface area contributed by atoms with Gasteiger partial charge in [0.05, 0.1) is 16.8 Å². The number of hydrogen-bond donors (Lipinski definition) is 2. The summed E-state index contributed by atoms with van der Waals surface area (Å²) in [6, 6.07) is 13.5. The van der Waals surface area contributed by atoms with Crippen molar-refractivity contribution in [1.82, 2.24) is 9.97 Å². The standard InChI is InChI=1S/C22H19N3O2S2/c1-13-3-6-15(7-4-13)16-10-28-21-20(16)22(24-12-23-21)29-11-19(27)25-17-9-14(2)5-8-18(17)26/h3-10,12,26H,11H2,1-2H3,(H,25,27). The molecule has 0 aliphatic carbocycles. The Kier molecular flexibility index (Phi) is 5.51. The Morgan fingerprint density at radius 3 is 2.66 bits per heavy atom. The van der Waals surface area contributed by atoms with Crippen molar-refractivity contribution in [3.05, 3.63) is 65.3 Å². The summed E-state index contributed by atoms with van der Waals surface area (Å²) in [6.07, 6.45) is 1.53. The summed E-state index contributed by atoms with van der Waals surface area (Å²) in [7, 11) is 0. The summed E-state index contributed by atoms with van der Waals surface area (Å²) in [5.74, 6) is 0.0375. The van der Waals surface area contributed by atoms with Gasteiger partial charge in [-0.15, -0.1) is 11.3 Å².